The molecule has 0 saturated carbocycles. The van der Waals surface area contributed by atoms with Crippen molar-refractivity contribution in [2.45, 2.75) is 12.6 Å². The van der Waals surface area contributed by atoms with Crippen molar-refractivity contribution in [3.8, 4) is 0 Å². The summed E-state index contributed by atoms with van der Waals surface area (Å²) in [5, 5.41) is 11.9. The van der Waals surface area contributed by atoms with Crippen LogP contribution in [-0.2, 0) is 6.42 Å². The Morgan fingerprint density at radius 1 is 1.32 bits per heavy atom. The zero-order chi connectivity index (χ0) is 13.9. The molecule has 0 bridgehead atoms. The Bertz CT molecular complexity index is 580. The van der Waals surface area contributed by atoms with Gasteiger partial charge in [0, 0.05) is 24.2 Å². The van der Waals surface area contributed by atoms with E-state index in [2.05, 4.69) is 15.1 Å². The van der Waals surface area contributed by atoms with Gasteiger partial charge in [-0.2, -0.15) is 13.2 Å². The van der Waals surface area contributed by atoms with Crippen LogP contribution >= 0.6 is 11.3 Å². The fourth-order valence-corrected chi connectivity index (χ4v) is 2.25. The summed E-state index contributed by atoms with van der Waals surface area (Å²) in [5.74, 6) is 0. The van der Waals surface area contributed by atoms with E-state index in [4.69, 9.17) is 5.21 Å². The van der Waals surface area contributed by atoms with Gasteiger partial charge in [-0.3, -0.25) is 4.98 Å². The van der Waals surface area contributed by atoms with Gasteiger partial charge in [0.1, 0.15) is 0 Å². The molecule has 2 rings (SSSR count). The molecule has 0 atom stereocenters. The molecule has 2 aromatic rings. The number of pyridine rings is 1. The van der Waals surface area contributed by atoms with Gasteiger partial charge < -0.3 is 5.21 Å². The average molecular weight is 287 g/mol. The Balaban J connectivity index is 2.20. The molecule has 0 aliphatic heterocycles. The van der Waals surface area contributed by atoms with E-state index in [0.717, 1.165) is 16.9 Å². The first-order valence-corrected chi connectivity index (χ1v) is 6.01. The maximum Gasteiger partial charge on any atom is 0.439 e. The molecule has 100 valence electrons. The molecule has 0 fully saturated rings. The Kier molecular flexibility index (Phi) is 3.79. The molecular formula is C11H8F3N3OS. The highest BCUT2D eigenvalue weighted by Crippen LogP contribution is 2.25. The van der Waals surface area contributed by atoms with Crippen molar-refractivity contribution in [2.24, 2.45) is 5.16 Å². The second kappa shape index (κ2) is 5.35. The number of hydrogen-bond donors (Lipinski definition) is 1. The third-order valence-corrected chi connectivity index (χ3v) is 3.16. The monoisotopic (exact) mass is 287 g/mol. The lowest BCUT2D eigenvalue weighted by molar-refractivity contribution is -0.0601. The predicted molar refractivity (Wildman–Crippen MR) is 63.5 cm³/mol. The summed E-state index contributed by atoms with van der Waals surface area (Å²) in [6.45, 7) is 0. The van der Waals surface area contributed by atoms with Crippen LogP contribution < -0.4 is 0 Å². The number of halogens is 3. The normalized spacial score (nSPS) is 12.7. The SMILES string of the molecule is O/N=C(/c1nc(Cc2ccncc2)cs1)C(F)(F)F. The number of hydrogen-bond acceptors (Lipinski definition) is 5. The molecular weight excluding hydrogens is 279 g/mol. The Morgan fingerprint density at radius 3 is 2.58 bits per heavy atom. The molecule has 0 aromatic carbocycles. The van der Waals surface area contributed by atoms with Gasteiger partial charge in [0.25, 0.3) is 0 Å². The van der Waals surface area contributed by atoms with E-state index < -0.39 is 11.9 Å². The fourth-order valence-electron chi connectivity index (χ4n) is 1.43. The van der Waals surface area contributed by atoms with E-state index in [1.165, 1.54) is 5.38 Å². The molecule has 0 radical (unpaired) electrons. The van der Waals surface area contributed by atoms with Crippen LogP contribution in [0.15, 0.2) is 35.1 Å². The van der Waals surface area contributed by atoms with Crippen LogP contribution in [0, 0.1) is 0 Å². The molecule has 2 heterocycles. The van der Waals surface area contributed by atoms with Crippen LogP contribution in [0.4, 0.5) is 13.2 Å². The van der Waals surface area contributed by atoms with Crippen LogP contribution in [0.25, 0.3) is 0 Å². The van der Waals surface area contributed by atoms with E-state index in [-0.39, 0.29) is 5.01 Å². The largest absolute Gasteiger partial charge is 0.439 e. The Morgan fingerprint density at radius 2 is 2.00 bits per heavy atom. The second-order valence-corrected chi connectivity index (χ2v) is 4.48. The second-order valence-electron chi connectivity index (χ2n) is 3.62. The summed E-state index contributed by atoms with van der Waals surface area (Å²) in [6, 6.07) is 3.51. The summed E-state index contributed by atoms with van der Waals surface area (Å²) in [6.07, 6.45) is -1.13. The summed E-state index contributed by atoms with van der Waals surface area (Å²) in [5.41, 5.74) is -0.00331. The van der Waals surface area contributed by atoms with Crippen LogP contribution in [0.5, 0.6) is 0 Å². The summed E-state index contributed by atoms with van der Waals surface area (Å²) in [4.78, 5) is 7.68. The molecule has 0 amide bonds. The highest BCUT2D eigenvalue weighted by Gasteiger charge is 2.39. The number of aromatic nitrogens is 2. The summed E-state index contributed by atoms with van der Waals surface area (Å²) < 4.78 is 37.5. The number of thiazole rings is 1. The zero-order valence-electron chi connectivity index (χ0n) is 9.42. The van der Waals surface area contributed by atoms with Crippen molar-refractivity contribution in [2.75, 3.05) is 0 Å². The van der Waals surface area contributed by atoms with E-state index in [9.17, 15) is 13.2 Å². The topological polar surface area (TPSA) is 58.4 Å². The van der Waals surface area contributed by atoms with Gasteiger partial charge >= 0.3 is 6.18 Å². The van der Waals surface area contributed by atoms with Crippen LogP contribution in [0.3, 0.4) is 0 Å². The summed E-state index contributed by atoms with van der Waals surface area (Å²) >= 11 is 0.791. The first-order valence-electron chi connectivity index (χ1n) is 5.13. The molecule has 19 heavy (non-hydrogen) atoms. The minimum absolute atomic E-state index is 0.348. The number of oxime groups is 1. The molecule has 0 spiro atoms. The van der Waals surface area contributed by atoms with Crippen molar-refractivity contribution in [1.29, 1.82) is 0 Å². The van der Waals surface area contributed by atoms with E-state index in [1.807, 2.05) is 0 Å². The van der Waals surface area contributed by atoms with Crippen molar-refractivity contribution >= 4 is 17.0 Å². The molecule has 0 saturated heterocycles. The molecule has 2 aromatic heterocycles. The predicted octanol–water partition coefficient (Wildman–Crippen LogP) is 2.87. The molecule has 1 N–H and O–H groups in total. The molecule has 8 heteroatoms. The number of alkyl halides is 3. The van der Waals surface area contributed by atoms with Crippen LogP contribution in [0.2, 0.25) is 0 Å². The molecule has 0 unspecified atom stereocenters. The highest BCUT2D eigenvalue weighted by molar-refractivity contribution is 7.11. The standard InChI is InChI=1S/C11H8F3N3OS/c12-11(13,14)9(17-18)10-16-8(6-19-10)5-7-1-3-15-4-2-7/h1-4,6,18H,5H2/b17-9-. The average Bonchev–Trinajstić information content (AvgIpc) is 2.77. The fraction of sp³-hybridized carbons (Fsp3) is 0.182. The number of nitrogens with zero attached hydrogens (tertiary/aromatic N) is 3. The third kappa shape index (κ3) is 3.28. The minimum atomic E-state index is -4.72. The van der Waals surface area contributed by atoms with Crippen molar-refractivity contribution in [3.05, 3.63) is 46.2 Å². The van der Waals surface area contributed by atoms with E-state index in [0.29, 0.717) is 12.1 Å². The molecule has 4 nitrogen and oxygen atoms in total. The Hall–Kier alpha value is -1.96. The lowest BCUT2D eigenvalue weighted by Crippen LogP contribution is -2.23. The van der Waals surface area contributed by atoms with Gasteiger partial charge in [-0.15, -0.1) is 11.3 Å². The van der Waals surface area contributed by atoms with Gasteiger partial charge in [-0.05, 0) is 17.7 Å². The first-order chi connectivity index (χ1) is 9.00. The van der Waals surface area contributed by atoms with Gasteiger partial charge in [0.15, 0.2) is 5.01 Å². The smallest absolute Gasteiger partial charge is 0.410 e. The highest BCUT2D eigenvalue weighted by atomic mass is 32.1. The van der Waals surface area contributed by atoms with E-state index in [1.54, 1.807) is 24.5 Å². The Labute approximate surface area is 110 Å². The maximum absolute atomic E-state index is 12.5. The van der Waals surface area contributed by atoms with Crippen molar-refractivity contribution < 1.29 is 18.4 Å². The zero-order valence-corrected chi connectivity index (χ0v) is 10.2. The summed E-state index contributed by atoms with van der Waals surface area (Å²) in [7, 11) is 0. The first kappa shape index (κ1) is 13.5. The lowest BCUT2D eigenvalue weighted by Gasteiger charge is -2.04. The quantitative estimate of drug-likeness (QED) is 0.536. The molecule has 0 aliphatic carbocycles. The minimum Gasteiger partial charge on any atom is -0.410 e. The van der Waals surface area contributed by atoms with Crippen molar-refractivity contribution in [1.82, 2.24) is 9.97 Å². The van der Waals surface area contributed by atoms with E-state index >= 15 is 0 Å². The molecule has 0 aliphatic rings. The maximum atomic E-state index is 12.5. The van der Waals surface area contributed by atoms with Gasteiger partial charge in [-0.25, -0.2) is 4.98 Å². The van der Waals surface area contributed by atoms with Crippen molar-refractivity contribution in [3.63, 3.8) is 0 Å². The third-order valence-electron chi connectivity index (χ3n) is 2.26. The van der Waals surface area contributed by atoms with Gasteiger partial charge in [0.05, 0.1) is 5.69 Å². The lowest BCUT2D eigenvalue weighted by atomic mass is 10.2. The van der Waals surface area contributed by atoms with Crippen LogP contribution in [0.1, 0.15) is 16.3 Å². The van der Waals surface area contributed by atoms with Gasteiger partial charge in [-0.1, -0.05) is 5.16 Å². The van der Waals surface area contributed by atoms with Gasteiger partial charge in [0.2, 0.25) is 5.71 Å². The van der Waals surface area contributed by atoms with Crippen LogP contribution in [-0.4, -0.2) is 27.1 Å². The number of rotatable bonds is 3.